The molecule has 10 rings (SSSR count). The molecular formula is C48H33NOS. The average molecular weight is 672 g/mol. The van der Waals surface area contributed by atoms with Gasteiger partial charge in [-0.25, -0.2) is 0 Å². The van der Waals surface area contributed by atoms with E-state index in [1.54, 1.807) is 0 Å². The molecule has 0 unspecified atom stereocenters. The number of allylic oxidation sites excluding steroid dienone is 4. The lowest BCUT2D eigenvalue weighted by Gasteiger charge is -2.30. The van der Waals surface area contributed by atoms with Crippen LogP contribution in [0.5, 0.6) is 0 Å². The Kier molecular flexibility index (Phi) is 7.18. The summed E-state index contributed by atoms with van der Waals surface area (Å²) in [6.07, 6.45) is 6.52. The lowest BCUT2D eigenvalue weighted by atomic mass is 9.93. The Morgan fingerprint density at radius 2 is 1.12 bits per heavy atom. The van der Waals surface area contributed by atoms with E-state index in [0.29, 0.717) is 0 Å². The van der Waals surface area contributed by atoms with Gasteiger partial charge in [0.1, 0.15) is 11.2 Å². The molecule has 0 aliphatic heterocycles. The normalized spacial score (nSPS) is 13.2. The molecule has 2 nitrogen and oxygen atoms in total. The Morgan fingerprint density at radius 3 is 1.94 bits per heavy atom. The van der Waals surface area contributed by atoms with Gasteiger partial charge >= 0.3 is 0 Å². The SMILES string of the molecule is C1=C(c2ccc(-c3cccc4c3sc3ccccc34)cc2)CCC(N(c2ccc(-c3ccccc3)cc2)c2ccc3oc4ccccc4c3c2)=C1. The molecular weight excluding hydrogens is 639 g/mol. The molecule has 0 atom stereocenters. The predicted molar refractivity (Wildman–Crippen MR) is 218 cm³/mol. The van der Waals surface area contributed by atoms with Crippen LogP contribution < -0.4 is 4.90 Å². The monoisotopic (exact) mass is 671 g/mol. The number of rotatable bonds is 6. The molecule has 0 radical (unpaired) electrons. The number of anilines is 2. The molecule has 1 aliphatic carbocycles. The lowest BCUT2D eigenvalue weighted by molar-refractivity contribution is 0.669. The molecule has 7 aromatic carbocycles. The predicted octanol–water partition coefficient (Wildman–Crippen LogP) is 14.2. The summed E-state index contributed by atoms with van der Waals surface area (Å²) < 4.78 is 8.89. The van der Waals surface area contributed by atoms with E-state index in [0.717, 1.165) is 46.2 Å². The molecule has 0 spiro atoms. The summed E-state index contributed by atoms with van der Waals surface area (Å²) in [6.45, 7) is 0. The maximum Gasteiger partial charge on any atom is 0.135 e. The van der Waals surface area contributed by atoms with Crippen molar-refractivity contribution in [1.82, 2.24) is 0 Å². The van der Waals surface area contributed by atoms with Gasteiger partial charge in [-0.3, -0.25) is 0 Å². The van der Waals surface area contributed by atoms with Gasteiger partial charge in [0, 0.05) is 48.0 Å². The van der Waals surface area contributed by atoms with E-state index in [1.165, 1.54) is 59.3 Å². The van der Waals surface area contributed by atoms with Crippen molar-refractivity contribution >= 4 is 70.4 Å². The summed E-state index contributed by atoms with van der Waals surface area (Å²) in [7, 11) is 0. The number of fused-ring (bicyclic) bond motifs is 6. The summed E-state index contributed by atoms with van der Waals surface area (Å²) in [5.41, 5.74) is 13.0. The minimum atomic E-state index is 0.908. The number of para-hydroxylation sites is 1. The van der Waals surface area contributed by atoms with Crippen molar-refractivity contribution < 1.29 is 4.42 Å². The smallest absolute Gasteiger partial charge is 0.135 e. The quantitative estimate of drug-likeness (QED) is 0.175. The molecule has 0 amide bonds. The van der Waals surface area contributed by atoms with Gasteiger partial charge < -0.3 is 9.32 Å². The van der Waals surface area contributed by atoms with Crippen LogP contribution >= 0.6 is 11.3 Å². The third kappa shape index (κ3) is 5.26. The molecule has 9 aromatic rings. The van der Waals surface area contributed by atoms with Gasteiger partial charge in [0.25, 0.3) is 0 Å². The van der Waals surface area contributed by atoms with Crippen LogP contribution in [0.4, 0.5) is 11.4 Å². The Balaban J connectivity index is 1.01. The van der Waals surface area contributed by atoms with Crippen LogP contribution in [0, 0.1) is 0 Å². The Morgan fingerprint density at radius 1 is 0.451 bits per heavy atom. The van der Waals surface area contributed by atoms with Crippen molar-refractivity contribution in [2.24, 2.45) is 0 Å². The fourth-order valence-corrected chi connectivity index (χ4v) is 8.90. The Bertz CT molecular complexity index is 2780. The number of furan rings is 1. The van der Waals surface area contributed by atoms with Crippen LogP contribution in [0.1, 0.15) is 18.4 Å². The molecule has 2 heterocycles. The number of hydrogen-bond acceptors (Lipinski definition) is 3. The Hall–Kier alpha value is -6.16. The van der Waals surface area contributed by atoms with Crippen LogP contribution in [0.3, 0.4) is 0 Å². The van der Waals surface area contributed by atoms with Gasteiger partial charge in [0.15, 0.2) is 0 Å². The van der Waals surface area contributed by atoms with E-state index >= 15 is 0 Å². The minimum Gasteiger partial charge on any atom is -0.456 e. The van der Waals surface area contributed by atoms with Crippen molar-refractivity contribution in [2.45, 2.75) is 12.8 Å². The first-order valence-electron chi connectivity index (χ1n) is 17.5. The first-order chi connectivity index (χ1) is 25.3. The zero-order valence-electron chi connectivity index (χ0n) is 27.9. The maximum atomic E-state index is 6.20. The molecule has 1 aliphatic rings. The zero-order valence-corrected chi connectivity index (χ0v) is 28.7. The van der Waals surface area contributed by atoms with Crippen molar-refractivity contribution in [3.05, 3.63) is 187 Å². The highest BCUT2D eigenvalue weighted by Crippen LogP contribution is 2.42. The van der Waals surface area contributed by atoms with Crippen LogP contribution in [0.15, 0.2) is 186 Å². The van der Waals surface area contributed by atoms with E-state index in [-0.39, 0.29) is 0 Å². The molecule has 2 aromatic heterocycles. The molecule has 51 heavy (non-hydrogen) atoms. The molecule has 0 saturated heterocycles. The van der Waals surface area contributed by atoms with Gasteiger partial charge in [0.2, 0.25) is 0 Å². The summed E-state index contributed by atoms with van der Waals surface area (Å²) in [5, 5.41) is 4.95. The summed E-state index contributed by atoms with van der Waals surface area (Å²) in [5.74, 6) is 0. The number of thiophene rings is 1. The summed E-state index contributed by atoms with van der Waals surface area (Å²) in [6, 6.07) is 59.0. The van der Waals surface area contributed by atoms with Crippen LogP contribution in [-0.4, -0.2) is 0 Å². The molecule has 0 bridgehead atoms. The van der Waals surface area contributed by atoms with Gasteiger partial charge in [-0.15, -0.1) is 11.3 Å². The molecule has 0 N–H and O–H groups in total. The second kappa shape index (κ2) is 12.3. The van der Waals surface area contributed by atoms with E-state index in [1.807, 2.05) is 23.5 Å². The first-order valence-corrected chi connectivity index (χ1v) is 18.4. The van der Waals surface area contributed by atoms with Gasteiger partial charge in [-0.05, 0) is 94.8 Å². The highest BCUT2D eigenvalue weighted by molar-refractivity contribution is 7.26. The molecule has 0 fully saturated rings. The summed E-state index contributed by atoms with van der Waals surface area (Å²) >= 11 is 1.89. The molecule has 0 saturated carbocycles. The standard InChI is InChI=1S/C48H33NOS/c1-2-9-32(10-3-1)34-21-25-37(26-22-34)49(39-29-30-46-44(31-39)41-11-4-6-15-45(41)50-46)38-27-23-35(24-28-38)33-17-19-36(20-18-33)40-13-8-14-43-42-12-5-7-16-47(42)51-48(40)43/h1-23,25-27,29-31H,24,28H2. The summed E-state index contributed by atoms with van der Waals surface area (Å²) in [4.78, 5) is 2.41. The van der Waals surface area contributed by atoms with E-state index in [4.69, 9.17) is 4.42 Å². The fourth-order valence-electron chi connectivity index (χ4n) is 7.66. The highest BCUT2D eigenvalue weighted by Gasteiger charge is 2.20. The number of benzene rings is 7. The van der Waals surface area contributed by atoms with E-state index in [9.17, 15) is 0 Å². The van der Waals surface area contributed by atoms with Crippen molar-refractivity contribution in [3.8, 4) is 22.3 Å². The van der Waals surface area contributed by atoms with Crippen LogP contribution in [-0.2, 0) is 0 Å². The first kappa shape index (κ1) is 29.7. The largest absolute Gasteiger partial charge is 0.456 e. The fraction of sp³-hybridized carbons (Fsp3) is 0.0417. The van der Waals surface area contributed by atoms with Crippen LogP contribution in [0.2, 0.25) is 0 Å². The molecule has 3 heteroatoms. The topological polar surface area (TPSA) is 16.4 Å². The third-order valence-electron chi connectivity index (χ3n) is 10.2. The van der Waals surface area contributed by atoms with E-state index < -0.39 is 0 Å². The van der Waals surface area contributed by atoms with Gasteiger partial charge in [-0.1, -0.05) is 127 Å². The average Bonchev–Trinajstić information content (AvgIpc) is 3.77. The van der Waals surface area contributed by atoms with Gasteiger partial charge in [0.05, 0.1) is 0 Å². The van der Waals surface area contributed by atoms with Crippen LogP contribution in [0.25, 0.3) is 69.9 Å². The third-order valence-corrected chi connectivity index (χ3v) is 11.5. The van der Waals surface area contributed by atoms with Crippen molar-refractivity contribution in [1.29, 1.82) is 0 Å². The van der Waals surface area contributed by atoms with E-state index in [2.05, 4.69) is 169 Å². The number of hydrogen-bond donors (Lipinski definition) is 0. The number of nitrogens with zero attached hydrogens (tertiary/aromatic N) is 1. The zero-order chi connectivity index (χ0) is 33.7. The lowest BCUT2D eigenvalue weighted by Crippen LogP contribution is -2.17. The molecule has 242 valence electrons. The minimum absolute atomic E-state index is 0.908. The van der Waals surface area contributed by atoms with Gasteiger partial charge in [-0.2, -0.15) is 0 Å². The van der Waals surface area contributed by atoms with Crippen molar-refractivity contribution in [2.75, 3.05) is 4.90 Å². The highest BCUT2D eigenvalue weighted by atomic mass is 32.1. The maximum absolute atomic E-state index is 6.20. The second-order valence-electron chi connectivity index (χ2n) is 13.2. The Labute approximate surface area is 300 Å². The van der Waals surface area contributed by atoms with Crippen molar-refractivity contribution in [3.63, 3.8) is 0 Å². The second-order valence-corrected chi connectivity index (χ2v) is 14.3.